The number of rotatable bonds is 4. The van der Waals surface area contributed by atoms with Crippen molar-refractivity contribution in [2.24, 2.45) is 0 Å². The lowest BCUT2D eigenvalue weighted by Crippen LogP contribution is -2.43. The molecule has 2 N–H and O–H groups in total. The van der Waals surface area contributed by atoms with E-state index in [9.17, 15) is 9.90 Å². The summed E-state index contributed by atoms with van der Waals surface area (Å²) in [6.45, 7) is 0.246. The quantitative estimate of drug-likeness (QED) is 0.826. The second-order valence-corrected chi connectivity index (χ2v) is 5.33. The minimum absolute atomic E-state index is 0.0464. The summed E-state index contributed by atoms with van der Waals surface area (Å²) in [5, 5.41) is 24.2. The number of hydrogen-bond donors (Lipinski definition) is 2. The lowest BCUT2D eigenvalue weighted by molar-refractivity contribution is -0.123. The maximum absolute atomic E-state index is 11.9. The van der Waals surface area contributed by atoms with E-state index in [2.05, 4.69) is 20.8 Å². The number of carbonyl (C=O) groups is 1. The van der Waals surface area contributed by atoms with Crippen LogP contribution in [0, 0.1) is 0 Å². The summed E-state index contributed by atoms with van der Waals surface area (Å²) in [6.07, 6.45) is 3.91. The fourth-order valence-electron chi connectivity index (χ4n) is 2.78. The van der Waals surface area contributed by atoms with Gasteiger partial charge in [0.1, 0.15) is 18.5 Å². The second kappa shape index (κ2) is 5.61. The summed E-state index contributed by atoms with van der Waals surface area (Å²) >= 11 is 0. The lowest BCUT2D eigenvalue weighted by Gasteiger charge is -2.34. The van der Waals surface area contributed by atoms with Crippen molar-refractivity contribution in [2.75, 3.05) is 6.54 Å². The zero-order chi connectivity index (χ0) is 14.7. The van der Waals surface area contributed by atoms with Gasteiger partial charge in [-0.15, -0.1) is 5.10 Å². The first-order valence-corrected chi connectivity index (χ1v) is 6.96. The average Bonchev–Trinajstić information content (AvgIpc) is 2.99. The molecule has 0 fully saturated rings. The lowest BCUT2D eigenvalue weighted by atomic mass is 9.79. The summed E-state index contributed by atoms with van der Waals surface area (Å²) < 4.78 is 1.34. The zero-order valence-electron chi connectivity index (χ0n) is 11.6. The van der Waals surface area contributed by atoms with Gasteiger partial charge in [0, 0.05) is 0 Å². The first kappa shape index (κ1) is 13.7. The van der Waals surface area contributed by atoms with Crippen LogP contribution in [0.3, 0.4) is 0 Å². The van der Waals surface area contributed by atoms with E-state index >= 15 is 0 Å². The fourth-order valence-corrected chi connectivity index (χ4v) is 2.78. The molecule has 0 unspecified atom stereocenters. The number of aryl methyl sites for hydroxylation is 1. The van der Waals surface area contributed by atoms with E-state index in [0.29, 0.717) is 6.42 Å². The fraction of sp³-hybridized carbons (Fsp3) is 0.429. The maximum atomic E-state index is 11.9. The van der Waals surface area contributed by atoms with E-state index in [-0.39, 0.29) is 19.0 Å². The molecule has 1 aromatic carbocycles. The minimum Gasteiger partial charge on any atom is -0.383 e. The van der Waals surface area contributed by atoms with Crippen LogP contribution in [0.4, 0.5) is 0 Å². The Balaban J connectivity index is 1.66. The largest absolute Gasteiger partial charge is 0.383 e. The predicted octanol–water partition coefficient (Wildman–Crippen LogP) is 0.0134. The molecule has 0 spiro atoms. The van der Waals surface area contributed by atoms with Crippen molar-refractivity contribution in [3.63, 3.8) is 0 Å². The Kier molecular flexibility index (Phi) is 3.66. The number of amides is 1. The molecule has 1 amide bonds. The molecule has 110 valence electrons. The first-order valence-electron chi connectivity index (χ1n) is 6.96. The van der Waals surface area contributed by atoms with Crippen LogP contribution in [0.2, 0.25) is 0 Å². The average molecular weight is 287 g/mol. The van der Waals surface area contributed by atoms with Gasteiger partial charge in [-0.1, -0.05) is 24.3 Å². The molecule has 2 aromatic rings. The maximum Gasteiger partial charge on any atom is 0.241 e. The van der Waals surface area contributed by atoms with Gasteiger partial charge in [-0.25, -0.2) is 4.68 Å². The van der Waals surface area contributed by atoms with Crippen LogP contribution in [-0.4, -0.2) is 37.8 Å². The normalized spacial score (nSPS) is 20.8. The molecule has 0 saturated heterocycles. The molecule has 7 heteroatoms. The van der Waals surface area contributed by atoms with Crippen LogP contribution in [0.1, 0.15) is 24.0 Å². The Bertz CT molecular complexity index is 628. The topological polar surface area (TPSA) is 92.9 Å². The summed E-state index contributed by atoms with van der Waals surface area (Å²) in [7, 11) is 0. The van der Waals surface area contributed by atoms with E-state index in [1.807, 2.05) is 24.3 Å². The van der Waals surface area contributed by atoms with Gasteiger partial charge in [0.2, 0.25) is 5.91 Å². The van der Waals surface area contributed by atoms with Crippen LogP contribution in [0.25, 0.3) is 0 Å². The van der Waals surface area contributed by atoms with E-state index in [4.69, 9.17) is 0 Å². The van der Waals surface area contributed by atoms with E-state index in [1.54, 1.807) is 0 Å². The van der Waals surface area contributed by atoms with Crippen LogP contribution < -0.4 is 5.32 Å². The molecule has 0 bridgehead atoms. The van der Waals surface area contributed by atoms with Gasteiger partial charge in [0.05, 0.1) is 6.54 Å². The number of nitrogens with one attached hydrogen (secondary N) is 1. The first-order chi connectivity index (χ1) is 10.2. The van der Waals surface area contributed by atoms with Crippen molar-refractivity contribution in [1.29, 1.82) is 0 Å². The number of aliphatic hydroxyl groups is 1. The van der Waals surface area contributed by atoms with Gasteiger partial charge in [-0.05, 0) is 40.8 Å². The van der Waals surface area contributed by atoms with Gasteiger partial charge in [-0.3, -0.25) is 4.79 Å². The van der Waals surface area contributed by atoms with Crippen LogP contribution in [0.5, 0.6) is 0 Å². The van der Waals surface area contributed by atoms with Crippen LogP contribution in [0.15, 0.2) is 30.6 Å². The molecule has 0 radical (unpaired) electrons. The summed E-state index contributed by atoms with van der Waals surface area (Å²) in [4.78, 5) is 11.9. The monoisotopic (exact) mass is 287 g/mol. The van der Waals surface area contributed by atoms with E-state index in [0.717, 1.165) is 24.0 Å². The Hall–Kier alpha value is -2.28. The highest BCUT2D eigenvalue weighted by Gasteiger charge is 2.34. The van der Waals surface area contributed by atoms with Gasteiger partial charge < -0.3 is 10.4 Å². The molecule has 7 nitrogen and oxygen atoms in total. The molecule has 21 heavy (non-hydrogen) atoms. The standard InChI is InChI=1S/C14H17N5O2/c20-13(8-19-10-16-17-18-19)15-9-14(21)7-3-5-11-4-1-2-6-12(11)14/h1-2,4,6,10,21H,3,5,7-9H2,(H,15,20)/t14-/m0/s1. The second-order valence-electron chi connectivity index (χ2n) is 5.33. The Morgan fingerprint density at radius 3 is 3.10 bits per heavy atom. The number of fused-ring (bicyclic) bond motifs is 1. The molecule has 1 aliphatic rings. The molecule has 1 atom stereocenters. The Morgan fingerprint density at radius 1 is 1.43 bits per heavy atom. The van der Waals surface area contributed by atoms with Gasteiger partial charge in [-0.2, -0.15) is 0 Å². The van der Waals surface area contributed by atoms with Crippen LogP contribution >= 0.6 is 0 Å². The van der Waals surface area contributed by atoms with Gasteiger partial charge >= 0.3 is 0 Å². The molecule has 1 aromatic heterocycles. The molecule has 0 aliphatic heterocycles. The molecular weight excluding hydrogens is 270 g/mol. The Labute approximate surface area is 122 Å². The SMILES string of the molecule is O=C(Cn1cnnn1)NC[C@@]1(O)CCCc2ccccc21. The minimum atomic E-state index is -0.995. The van der Waals surface area contributed by atoms with Crippen LogP contribution in [-0.2, 0) is 23.4 Å². The van der Waals surface area contributed by atoms with Crippen molar-refractivity contribution in [3.05, 3.63) is 41.7 Å². The number of carbonyl (C=O) groups excluding carboxylic acids is 1. The van der Waals surface area contributed by atoms with Gasteiger partial charge in [0.25, 0.3) is 0 Å². The van der Waals surface area contributed by atoms with E-state index in [1.165, 1.54) is 11.0 Å². The highest BCUT2D eigenvalue weighted by atomic mass is 16.3. The Morgan fingerprint density at radius 2 is 2.29 bits per heavy atom. The summed E-state index contributed by atoms with van der Waals surface area (Å²) in [6, 6.07) is 7.85. The zero-order valence-corrected chi connectivity index (χ0v) is 11.6. The third kappa shape index (κ3) is 2.92. The smallest absolute Gasteiger partial charge is 0.241 e. The van der Waals surface area contributed by atoms with Crippen molar-refractivity contribution in [2.45, 2.75) is 31.4 Å². The molecular formula is C14H17N5O2. The molecule has 1 aliphatic carbocycles. The number of aromatic nitrogens is 4. The van der Waals surface area contributed by atoms with Crippen molar-refractivity contribution < 1.29 is 9.90 Å². The molecule has 3 rings (SSSR count). The predicted molar refractivity (Wildman–Crippen MR) is 74.1 cm³/mol. The third-order valence-corrected chi connectivity index (χ3v) is 3.83. The number of nitrogens with zero attached hydrogens (tertiary/aromatic N) is 4. The summed E-state index contributed by atoms with van der Waals surface area (Å²) in [5.41, 5.74) is 1.07. The van der Waals surface area contributed by atoms with Crippen molar-refractivity contribution in [1.82, 2.24) is 25.5 Å². The summed E-state index contributed by atoms with van der Waals surface area (Å²) in [5.74, 6) is -0.223. The molecule has 1 heterocycles. The van der Waals surface area contributed by atoms with Gasteiger partial charge in [0.15, 0.2) is 0 Å². The third-order valence-electron chi connectivity index (χ3n) is 3.83. The van der Waals surface area contributed by atoms with Crippen molar-refractivity contribution >= 4 is 5.91 Å². The number of benzene rings is 1. The highest BCUT2D eigenvalue weighted by Crippen LogP contribution is 2.34. The van der Waals surface area contributed by atoms with Crippen molar-refractivity contribution in [3.8, 4) is 0 Å². The van der Waals surface area contributed by atoms with E-state index < -0.39 is 5.60 Å². The molecule has 0 saturated carbocycles. The number of tetrazole rings is 1. The number of hydrogen-bond acceptors (Lipinski definition) is 5. The highest BCUT2D eigenvalue weighted by molar-refractivity contribution is 5.75.